The number of halogens is 5. The Morgan fingerprint density at radius 1 is 0.579 bits per heavy atom. The molecule has 9 nitrogen and oxygen atoms in total. The fourth-order valence-electron chi connectivity index (χ4n) is 7.13. The molecule has 0 atom stereocenters. The summed E-state index contributed by atoms with van der Waals surface area (Å²) in [5, 5.41) is 23.0. The Kier molecular flexibility index (Phi) is 12.3. The lowest BCUT2D eigenvalue weighted by atomic mass is 10.1. The fraction of sp³-hybridized carbons (Fsp3) is 0.163. The first kappa shape index (κ1) is 40.3. The van der Waals surface area contributed by atoms with Gasteiger partial charge in [0.1, 0.15) is 0 Å². The van der Waals surface area contributed by atoms with E-state index >= 15 is 0 Å². The summed E-state index contributed by atoms with van der Waals surface area (Å²) in [7, 11) is 2.02. The van der Waals surface area contributed by atoms with Gasteiger partial charge in [-0.1, -0.05) is 107 Å². The number of carbonyl (C=O) groups is 2. The molecular weight excluding hydrogens is 824 g/mol. The van der Waals surface area contributed by atoms with Crippen LogP contribution in [0, 0.1) is 0 Å². The first-order valence-electron chi connectivity index (χ1n) is 18.1. The molecule has 6 aromatic carbocycles. The van der Waals surface area contributed by atoms with Gasteiger partial charge in [-0.15, -0.1) is 12.4 Å². The Labute approximate surface area is 354 Å². The topological polar surface area (TPSA) is 97.1 Å². The maximum atomic E-state index is 13.6. The van der Waals surface area contributed by atoms with Crippen molar-refractivity contribution in [1.29, 1.82) is 0 Å². The van der Waals surface area contributed by atoms with Crippen LogP contribution in [0.3, 0.4) is 0 Å². The maximum Gasteiger partial charge on any atom is 0.272 e. The van der Waals surface area contributed by atoms with Gasteiger partial charge >= 0.3 is 0 Å². The van der Waals surface area contributed by atoms with E-state index in [9.17, 15) is 9.59 Å². The zero-order chi connectivity index (χ0) is 38.9. The van der Waals surface area contributed by atoms with Gasteiger partial charge in [0.05, 0.1) is 32.5 Å². The number of rotatable bonds is 12. The summed E-state index contributed by atoms with van der Waals surface area (Å²) < 4.78 is 3.45. The zero-order valence-electron chi connectivity index (χ0n) is 30.6. The van der Waals surface area contributed by atoms with Gasteiger partial charge in [0, 0.05) is 44.7 Å². The van der Waals surface area contributed by atoms with Crippen LogP contribution < -0.4 is 10.6 Å². The Hall–Kier alpha value is -4.87. The lowest BCUT2D eigenvalue weighted by molar-refractivity contribution is 0.0942. The van der Waals surface area contributed by atoms with Gasteiger partial charge in [-0.25, -0.2) is 9.36 Å². The second kappa shape index (κ2) is 17.3. The van der Waals surface area contributed by atoms with E-state index in [4.69, 9.17) is 56.6 Å². The predicted octanol–water partition coefficient (Wildman–Crippen LogP) is 10.6. The largest absolute Gasteiger partial charge is 0.351 e. The van der Waals surface area contributed by atoms with Crippen LogP contribution in [-0.2, 0) is 0 Å². The molecule has 57 heavy (non-hydrogen) atoms. The number of hydrogen-bond acceptors (Lipinski definition) is 5. The summed E-state index contributed by atoms with van der Waals surface area (Å²) in [4.78, 5) is 29.3. The van der Waals surface area contributed by atoms with E-state index in [1.807, 2.05) is 79.8 Å². The van der Waals surface area contributed by atoms with Crippen molar-refractivity contribution in [3.8, 4) is 11.4 Å². The van der Waals surface area contributed by atoms with Crippen LogP contribution >= 0.6 is 58.8 Å². The summed E-state index contributed by atoms with van der Waals surface area (Å²) in [6.45, 7) is 2.42. The van der Waals surface area contributed by atoms with Crippen molar-refractivity contribution in [1.82, 2.24) is 35.1 Å². The van der Waals surface area contributed by atoms with Crippen molar-refractivity contribution in [3.05, 3.63) is 141 Å². The number of fused-ring (bicyclic) bond motifs is 6. The molecule has 0 radical (unpaired) electrons. The number of aromatic nitrogens is 4. The summed E-state index contributed by atoms with van der Waals surface area (Å²) in [6.07, 6.45) is 1.45. The molecule has 2 aromatic heterocycles. The maximum absolute atomic E-state index is 13.6. The number of nitrogens with zero attached hydrogens (tertiary/aromatic N) is 5. The van der Waals surface area contributed by atoms with Crippen molar-refractivity contribution >= 4 is 114 Å². The van der Waals surface area contributed by atoms with Gasteiger partial charge in [-0.3, -0.25) is 9.59 Å². The van der Waals surface area contributed by atoms with Gasteiger partial charge in [-0.05, 0) is 92.3 Å². The van der Waals surface area contributed by atoms with Crippen LogP contribution in [-0.4, -0.2) is 69.5 Å². The van der Waals surface area contributed by atoms with Crippen molar-refractivity contribution < 1.29 is 9.59 Å². The van der Waals surface area contributed by atoms with Crippen LogP contribution in [0.15, 0.2) is 109 Å². The summed E-state index contributed by atoms with van der Waals surface area (Å²) >= 11 is 25.6. The minimum atomic E-state index is -0.263. The van der Waals surface area contributed by atoms with E-state index in [0.29, 0.717) is 55.9 Å². The third kappa shape index (κ3) is 8.14. The second-order valence-electron chi connectivity index (χ2n) is 13.6. The van der Waals surface area contributed by atoms with Crippen LogP contribution in [0.1, 0.15) is 33.8 Å². The Balaban J connectivity index is 0.00000496. The molecule has 2 N–H and O–H groups in total. The first-order valence-corrected chi connectivity index (χ1v) is 19.7. The number of benzene rings is 6. The number of hydrogen-bond donors (Lipinski definition) is 2. The molecule has 290 valence electrons. The molecular formula is C43H36Cl5N7O2. The normalized spacial score (nSPS) is 11.5. The molecule has 2 heterocycles. The molecule has 8 aromatic rings. The van der Waals surface area contributed by atoms with E-state index < -0.39 is 0 Å². The van der Waals surface area contributed by atoms with E-state index in [2.05, 4.69) is 15.5 Å². The third-order valence-corrected chi connectivity index (χ3v) is 10.9. The Bertz CT molecular complexity index is 2610. The van der Waals surface area contributed by atoms with Crippen LogP contribution in [0.4, 0.5) is 0 Å². The average molecular weight is 860 g/mol. The highest BCUT2D eigenvalue weighted by molar-refractivity contribution is 6.36. The molecule has 14 heteroatoms. The van der Waals surface area contributed by atoms with Crippen LogP contribution in [0.25, 0.3) is 54.7 Å². The predicted molar refractivity (Wildman–Crippen MR) is 236 cm³/mol. The highest BCUT2D eigenvalue weighted by Crippen LogP contribution is 2.35. The van der Waals surface area contributed by atoms with Crippen LogP contribution in [0.5, 0.6) is 0 Å². The summed E-state index contributed by atoms with van der Waals surface area (Å²) in [6, 6.07) is 34.3. The van der Waals surface area contributed by atoms with Gasteiger partial charge in [0.25, 0.3) is 11.8 Å². The van der Waals surface area contributed by atoms with Crippen molar-refractivity contribution in [2.45, 2.75) is 12.8 Å². The molecule has 0 spiro atoms. The molecule has 0 unspecified atom stereocenters. The number of nitrogens with one attached hydrogen (secondary N) is 2. The quantitative estimate of drug-likeness (QED) is 0.119. The van der Waals surface area contributed by atoms with Crippen molar-refractivity contribution in [2.75, 3.05) is 33.2 Å². The zero-order valence-corrected chi connectivity index (χ0v) is 34.4. The second-order valence-corrected chi connectivity index (χ2v) is 15.3. The lowest BCUT2D eigenvalue weighted by Crippen LogP contribution is -2.31. The monoisotopic (exact) mass is 857 g/mol. The molecule has 0 aliphatic rings. The molecule has 0 aliphatic carbocycles. The van der Waals surface area contributed by atoms with Crippen molar-refractivity contribution in [2.24, 2.45) is 0 Å². The fourth-order valence-corrected chi connectivity index (χ4v) is 8.10. The van der Waals surface area contributed by atoms with Gasteiger partial charge < -0.3 is 15.5 Å². The lowest BCUT2D eigenvalue weighted by Gasteiger charge is -2.16. The SMILES string of the molecule is CN(CCCNC(=O)c1nn(-c2ccc(Cl)cc2Cl)c2c1ccc1ccccc12)CCCNC(=O)c1nn(-c2ccc(Cl)cc2Cl)c2c1ccc1ccccc12.Cl. The Morgan fingerprint density at radius 3 is 1.42 bits per heavy atom. The molecule has 0 saturated heterocycles. The molecule has 0 bridgehead atoms. The molecule has 0 fully saturated rings. The molecule has 0 saturated carbocycles. The standard InChI is InChI=1S/C43H35Cl4N7O2.ClH/c1-52(22-6-20-48-42(55)38-32-16-12-26-8-2-4-10-30(26)40(32)53(50-38)36-18-14-28(44)24-34(36)46)23-7-21-49-43(56)39-33-17-13-27-9-3-5-11-31(27)41(33)54(51-39)37-19-15-29(45)25-35(37)47;/h2-5,8-19,24-25H,6-7,20-23H2,1H3,(H,48,55)(H,49,56);1H. The minimum absolute atomic E-state index is 0. The van der Waals surface area contributed by atoms with E-state index in [-0.39, 0.29) is 24.2 Å². The van der Waals surface area contributed by atoms with E-state index in [1.54, 1.807) is 45.8 Å². The molecule has 8 rings (SSSR count). The van der Waals surface area contributed by atoms with Crippen molar-refractivity contribution in [3.63, 3.8) is 0 Å². The first-order chi connectivity index (χ1) is 27.2. The smallest absolute Gasteiger partial charge is 0.272 e. The average Bonchev–Trinajstić information content (AvgIpc) is 3.78. The van der Waals surface area contributed by atoms with Gasteiger partial charge in [0.15, 0.2) is 11.4 Å². The highest BCUT2D eigenvalue weighted by Gasteiger charge is 2.23. The van der Waals surface area contributed by atoms with Gasteiger partial charge in [0.2, 0.25) is 0 Å². The molecule has 2 amide bonds. The summed E-state index contributed by atoms with van der Waals surface area (Å²) in [5.74, 6) is -0.526. The third-order valence-electron chi connectivity index (χ3n) is 9.85. The Morgan fingerprint density at radius 2 is 1.00 bits per heavy atom. The summed E-state index contributed by atoms with van der Waals surface area (Å²) in [5.41, 5.74) is 3.50. The number of carbonyl (C=O) groups excluding carboxylic acids is 2. The number of amides is 2. The van der Waals surface area contributed by atoms with E-state index in [1.165, 1.54) is 0 Å². The van der Waals surface area contributed by atoms with E-state index in [0.717, 1.165) is 69.3 Å². The minimum Gasteiger partial charge on any atom is -0.351 e. The van der Waals surface area contributed by atoms with Gasteiger partial charge in [-0.2, -0.15) is 10.2 Å². The highest BCUT2D eigenvalue weighted by atomic mass is 35.5. The van der Waals surface area contributed by atoms with Crippen LogP contribution in [0.2, 0.25) is 20.1 Å². The molecule has 0 aliphatic heterocycles.